The lowest BCUT2D eigenvalue weighted by atomic mass is 10.0. The van der Waals surface area contributed by atoms with E-state index in [1.807, 2.05) is 0 Å². The van der Waals surface area contributed by atoms with Gasteiger partial charge in [0.25, 0.3) is 5.91 Å². The van der Waals surface area contributed by atoms with Crippen molar-refractivity contribution in [2.45, 2.75) is 26.0 Å². The van der Waals surface area contributed by atoms with Crippen molar-refractivity contribution in [2.24, 2.45) is 5.92 Å². The van der Waals surface area contributed by atoms with Crippen LogP contribution in [0.2, 0.25) is 0 Å². The first kappa shape index (κ1) is 23.1. The zero-order chi connectivity index (χ0) is 21.6. The van der Waals surface area contributed by atoms with Crippen molar-refractivity contribution in [3.63, 3.8) is 0 Å². The Morgan fingerprint density at radius 2 is 1.97 bits per heavy atom. The molecule has 1 aliphatic rings. The van der Waals surface area contributed by atoms with Crippen LogP contribution >= 0.6 is 0 Å². The molecule has 2 amide bonds. The van der Waals surface area contributed by atoms with Crippen molar-refractivity contribution in [3.8, 4) is 5.75 Å². The minimum Gasteiger partial charge on any atom is -0.491 e. The summed E-state index contributed by atoms with van der Waals surface area (Å²) in [6.07, 6.45) is -0.0908. The number of fused-ring (bicyclic) bond motifs is 1. The summed E-state index contributed by atoms with van der Waals surface area (Å²) in [5, 5.41) is 2.73. The van der Waals surface area contributed by atoms with Gasteiger partial charge in [0, 0.05) is 46.1 Å². The first-order valence-corrected chi connectivity index (χ1v) is 9.80. The van der Waals surface area contributed by atoms with E-state index >= 15 is 0 Å². The summed E-state index contributed by atoms with van der Waals surface area (Å²) < 4.78 is 16.5. The molecule has 2 rings (SSSR count). The molecule has 3 atom stereocenters. The molecule has 8 heteroatoms. The zero-order valence-electron chi connectivity index (χ0n) is 18.2. The zero-order valence-corrected chi connectivity index (χ0v) is 18.2. The average Bonchev–Trinajstić information content (AvgIpc) is 2.69. The van der Waals surface area contributed by atoms with E-state index in [9.17, 15) is 9.59 Å². The second-order valence-electron chi connectivity index (χ2n) is 7.73. The molecule has 0 radical (unpaired) electrons. The number of anilines is 1. The quantitative estimate of drug-likeness (QED) is 0.819. The van der Waals surface area contributed by atoms with Crippen LogP contribution in [0, 0.1) is 5.92 Å². The van der Waals surface area contributed by atoms with Crippen molar-refractivity contribution in [1.29, 1.82) is 0 Å². The third-order valence-corrected chi connectivity index (χ3v) is 5.32. The number of carbonyl (C=O) groups excluding carboxylic acids is 2. The summed E-state index contributed by atoms with van der Waals surface area (Å²) in [6.45, 7) is 5.90. The van der Waals surface area contributed by atoms with Crippen LogP contribution in [-0.2, 0) is 14.3 Å². The summed E-state index contributed by atoms with van der Waals surface area (Å²) in [5.41, 5.74) is 0.922. The number of ether oxygens (including phenoxy) is 3. The molecular formula is C21H33N3O5. The van der Waals surface area contributed by atoms with E-state index in [0.29, 0.717) is 30.2 Å². The molecule has 0 spiro atoms. The van der Waals surface area contributed by atoms with Gasteiger partial charge in [-0.15, -0.1) is 0 Å². The van der Waals surface area contributed by atoms with Gasteiger partial charge in [-0.05, 0) is 38.1 Å². The Hall–Kier alpha value is -2.16. The normalized spacial score (nSPS) is 24.1. The monoisotopic (exact) mass is 407 g/mol. The number of rotatable bonds is 4. The van der Waals surface area contributed by atoms with Crippen LogP contribution < -0.4 is 10.1 Å². The molecule has 29 heavy (non-hydrogen) atoms. The Morgan fingerprint density at radius 3 is 2.62 bits per heavy atom. The molecule has 162 valence electrons. The lowest BCUT2D eigenvalue weighted by Crippen LogP contribution is -2.45. The summed E-state index contributed by atoms with van der Waals surface area (Å²) in [5.74, 6) is 0.264. The van der Waals surface area contributed by atoms with Gasteiger partial charge in [-0.1, -0.05) is 6.92 Å². The number of nitrogens with zero attached hydrogens (tertiary/aromatic N) is 2. The number of carbonyl (C=O) groups is 2. The maximum atomic E-state index is 13.2. The molecule has 0 bridgehead atoms. The van der Waals surface area contributed by atoms with Crippen molar-refractivity contribution < 1.29 is 23.8 Å². The van der Waals surface area contributed by atoms with Gasteiger partial charge in [0.2, 0.25) is 5.91 Å². The van der Waals surface area contributed by atoms with E-state index in [-0.39, 0.29) is 36.5 Å². The Morgan fingerprint density at radius 1 is 1.24 bits per heavy atom. The van der Waals surface area contributed by atoms with E-state index in [2.05, 4.69) is 31.1 Å². The van der Waals surface area contributed by atoms with Gasteiger partial charge in [-0.25, -0.2) is 0 Å². The molecule has 8 nitrogen and oxygen atoms in total. The van der Waals surface area contributed by atoms with Gasteiger partial charge in [-0.3, -0.25) is 14.5 Å². The standard InChI is InChI=1S/C21H33N3O5/c1-14-10-23(3)15(2)12-29-18-8-7-16(22-20(25)13-27-5)9-17(18)21(26)24(4)11-19(14)28-6/h7-9,14-15,19H,10-13H2,1-6H3,(H,22,25)/t14-,15+,19+/m1/s1. The fourth-order valence-electron chi connectivity index (χ4n) is 3.36. The van der Waals surface area contributed by atoms with Crippen LogP contribution in [0.25, 0.3) is 0 Å². The highest BCUT2D eigenvalue weighted by Crippen LogP contribution is 2.26. The molecule has 0 saturated carbocycles. The van der Waals surface area contributed by atoms with Crippen LogP contribution in [0.5, 0.6) is 5.75 Å². The predicted molar refractivity (Wildman–Crippen MR) is 111 cm³/mol. The Labute approximate surface area is 173 Å². The van der Waals surface area contributed by atoms with Crippen molar-refractivity contribution in [1.82, 2.24) is 9.80 Å². The second-order valence-corrected chi connectivity index (χ2v) is 7.73. The third kappa shape index (κ3) is 6.16. The maximum Gasteiger partial charge on any atom is 0.257 e. The number of nitrogens with one attached hydrogen (secondary N) is 1. The number of methoxy groups -OCH3 is 2. The molecule has 0 aromatic heterocycles. The van der Waals surface area contributed by atoms with Gasteiger partial charge in [0.05, 0.1) is 11.7 Å². The molecule has 1 N–H and O–H groups in total. The van der Waals surface area contributed by atoms with E-state index in [1.165, 1.54) is 7.11 Å². The molecular weight excluding hydrogens is 374 g/mol. The van der Waals surface area contributed by atoms with E-state index < -0.39 is 0 Å². The highest BCUT2D eigenvalue weighted by molar-refractivity contribution is 5.99. The van der Waals surface area contributed by atoms with Gasteiger partial charge < -0.3 is 24.4 Å². The summed E-state index contributed by atoms with van der Waals surface area (Å²) in [4.78, 5) is 28.9. The third-order valence-electron chi connectivity index (χ3n) is 5.32. The van der Waals surface area contributed by atoms with Crippen molar-refractivity contribution >= 4 is 17.5 Å². The first-order chi connectivity index (χ1) is 13.8. The Bertz CT molecular complexity index is 712. The maximum absolute atomic E-state index is 13.2. The van der Waals surface area contributed by atoms with E-state index in [4.69, 9.17) is 14.2 Å². The molecule has 1 aliphatic heterocycles. The Balaban J connectivity index is 2.37. The molecule has 0 fully saturated rings. The smallest absolute Gasteiger partial charge is 0.257 e. The van der Waals surface area contributed by atoms with Gasteiger partial charge in [0.1, 0.15) is 19.0 Å². The lowest BCUT2D eigenvalue weighted by molar-refractivity contribution is -0.119. The number of hydrogen-bond acceptors (Lipinski definition) is 6. The van der Waals surface area contributed by atoms with Crippen molar-refractivity contribution in [3.05, 3.63) is 23.8 Å². The van der Waals surface area contributed by atoms with Gasteiger partial charge in [-0.2, -0.15) is 0 Å². The number of hydrogen-bond donors (Lipinski definition) is 1. The summed E-state index contributed by atoms with van der Waals surface area (Å²) >= 11 is 0. The van der Waals surface area contributed by atoms with Gasteiger partial charge >= 0.3 is 0 Å². The fraction of sp³-hybridized carbons (Fsp3) is 0.619. The molecule has 0 saturated heterocycles. The highest BCUT2D eigenvalue weighted by Gasteiger charge is 2.27. The topological polar surface area (TPSA) is 80.3 Å². The molecule has 0 unspecified atom stereocenters. The lowest BCUT2D eigenvalue weighted by Gasteiger charge is -2.34. The second kappa shape index (κ2) is 10.6. The minimum absolute atomic E-state index is 0.0569. The summed E-state index contributed by atoms with van der Waals surface area (Å²) in [6, 6.07) is 5.25. The summed E-state index contributed by atoms with van der Waals surface area (Å²) in [7, 11) is 6.94. The first-order valence-electron chi connectivity index (χ1n) is 9.80. The average molecular weight is 408 g/mol. The van der Waals surface area contributed by atoms with Crippen LogP contribution in [0.4, 0.5) is 5.69 Å². The largest absolute Gasteiger partial charge is 0.491 e. The van der Waals surface area contributed by atoms with Gasteiger partial charge in [0.15, 0.2) is 0 Å². The van der Waals surface area contributed by atoms with E-state index in [0.717, 1.165) is 6.54 Å². The van der Waals surface area contributed by atoms with E-state index in [1.54, 1.807) is 37.3 Å². The number of likely N-dealkylation sites (N-methyl/N-ethyl adjacent to an activating group) is 2. The number of amides is 2. The number of benzene rings is 1. The van der Waals surface area contributed by atoms with Crippen LogP contribution in [-0.4, -0.2) is 88.4 Å². The Kier molecular flexibility index (Phi) is 8.43. The van der Waals surface area contributed by atoms with Crippen molar-refractivity contribution in [2.75, 3.05) is 59.9 Å². The molecule has 0 aliphatic carbocycles. The highest BCUT2D eigenvalue weighted by atomic mass is 16.5. The molecule has 1 heterocycles. The fourth-order valence-corrected chi connectivity index (χ4v) is 3.36. The predicted octanol–water partition coefficient (Wildman–Crippen LogP) is 1.71. The molecule has 1 aromatic rings. The van der Waals surface area contributed by atoms with Crippen LogP contribution in [0.15, 0.2) is 18.2 Å². The minimum atomic E-state index is -0.286. The van der Waals surface area contributed by atoms with Crippen LogP contribution in [0.1, 0.15) is 24.2 Å². The molecule has 1 aromatic carbocycles. The SMILES string of the molecule is COCC(=O)Nc1ccc2c(c1)C(=O)N(C)C[C@H](OC)[C@H](C)CN(C)[C@@H](C)CO2. The van der Waals surface area contributed by atoms with Crippen LogP contribution in [0.3, 0.4) is 0 Å².